The van der Waals surface area contributed by atoms with Crippen LogP contribution >= 0.6 is 0 Å². The van der Waals surface area contributed by atoms with Crippen molar-refractivity contribution >= 4 is 29.0 Å². The van der Waals surface area contributed by atoms with E-state index >= 15 is 0 Å². The number of para-hydroxylation sites is 1. The summed E-state index contributed by atoms with van der Waals surface area (Å²) in [5, 5.41) is 5.22. The molecule has 1 heterocycles. The highest BCUT2D eigenvalue weighted by Crippen LogP contribution is 2.24. The van der Waals surface area contributed by atoms with Gasteiger partial charge in [-0.05, 0) is 59.5 Å². The molecule has 3 aromatic rings. The number of amides is 3. The maximum Gasteiger partial charge on any atom is 0.323 e. The van der Waals surface area contributed by atoms with Gasteiger partial charge in [-0.15, -0.1) is 0 Å². The second kappa shape index (κ2) is 10.2. The molecule has 3 amide bonds. The Bertz CT molecular complexity index is 1180. The van der Waals surface area contributed by atoms with Gasteiger partial charge in [0.1, 0.15) is 5.82 Å². The highest BCUT2D eigenvalue weighted by Gasteiger charge is 2.23. The van der Waals surface area contributed by atoms with Crippen LogP contribution in [-0.2, 0) is 5.41 Å². The minimum atomic E-state index is -0.509. The van der Waals surface area contributed by atoms with E-state index in [-0.39, 0.29) is 17.0 Å². The molecule has 1 aliphatic heterocycles. The van der Waals surface area contributed by atoms with E-state index in [0.29, 0.717) is 18.8 Å². The Labute approximate surface area is 205 Å². The summed E-state index contributed by atoms with van der Waals surface area (Å²) in [5.74, 6) is -0.428. The molecule has 0 saturated carbocycles. The van der Waals surface area contributed by atoms with E-state index in [1.807, 2.05) is 53.4 Å². The second-order valence-electron chi connectivity index (χ2n) is 9.71. The molecule has 0 spiro atoms. The van der Waals surface area contributed by atoms with E-state index < -0.39 is 11.8 Å². The quantitative estimate of drug-likeness (QED) is 0.508. The van der Waals surface area contributed by atoms with Crippen LogP contribution in [0.25, 0.3) is 0 Å². The molecule has 6 nitrogen and oxygen atoms in total. The van der Waals surface area contributed by atoms with Crippen LogP contribution in [0.4, 0.5) is 26.2 Å². The predicted molar refractivity (Wildman–Crippen MR) is 139 cm³/mol. The van der Waals surface area contributed by atoms with E-state index in [1.165, 1.54) is 17.7 Å². The Morgan fingerprint density at radius 1 is 0.800 bits per heavy atom. The zero-order valence-corrected chi connectivity index (χ0v) is 20.3. The number of anilines is 3. The van der Waals surface area contributed by atoms with Crippen LogP contribution < -0.4 is 15.5 Å². The van der Waals surface area contributed by atoms with Crippen LogP contribution in [0.15, 0.2) is 72.8 Å². The highest BCUT2D eigenvalue weighted by atomic mass is 19.1. The van der Waals surface area contributed by atoms with Gasteiger partial charge in [0.15, 0.2) is 0 Å². The number of nitrogens with zero attached hydrogens (tertiary/aromatic N) is 2. The normalized spacial score (nSPS) is 13.9. The van der Waals surface area contributed by atoms with Gasteiger partial charge >= 0.3 is 6.03 Å². The lowest BCUT2D eigenvalue weighted by atomic mass is 9.86. The van der Waals surface area contributed by atoms with Crippen molar-refractivity contribution < 1.29 is 14.0 Å². The SMILES string of the molecule is CC(C)(C)c1ccc(C(=O)N2CCN(c3ccc(NC(=O)Nc4ccccc4F)cc3)CC2)cc1. The van der Waals surface area contributed by atoms with Gasteiger partial charge < -0.3 is 20.4 Å². The number of piperazine rings is 1. The summed E-state index contributed by atoms with van der Waals surface area (Å²) in [6.45, 7) is 9.22. The van der Waals surface area contributed by atoms with Crippen LogP contribution in [-0.4, -0.2) is 43.0 Å². The molecule has 0 unspecified atom stereocenters. The summed E-state index contributed by atoms with van der Waals surface area (Å²) in [7, 11) is 0. The number of urea groups is 1. The molecule has 1 aliphatic rings. The number of hydrogen-bond acceptors (Lipinski definition) is 3. The summed E-state index contributed by atoms with van der Waals surface area (Å²) in [4.78, 5) is 29.2. The average Bonchev–Trinajstić information content (AvgIpc) is 2.85. The molecular formula is C28H31FN4O2. The molecule has 35 heavy (non-hydrogen) atoms. The van der Waals surface area contributed by atoms with Crippen molar-refractivity contribution in [3.8, 4) is 0 Å². The zero-order chi connectivity index (χ0) is 25.0. The number of rotatable bonds is 4. The summed E-state index contributed by atoms with van der Waals surface area (Å²) in [6.07, 6.45) is 0. The van der Waals surface area contributed by atoms with Crippen LogP contribution in [0, 0.1) is 5.82 Å². The first kappa shape index (κ1) is 24.3. The van der Waals surface area contributed by atoms with Crippen LogP contribution in [0.2, 0.25) is 0 Å². The lowest BCUT2D eigenvalue weighted by Crippen LogP contribution is -2.48. The first-order chi connectivity index (χ1) is 16.7. The smallest absolute Gasteiger partial charge is 0.323 e. The van der Waals surface area contributed by atoms with Crippen molar-refractivity contribution in [3.05, 3.63) is 89.7 Å². The fourth-order valence-electron chi connectivity index (χ4n) is 4.07. The van der Waals surface area contributed by atoms with Crippen LogP contribution in [0.5, 0.6) is 0 Å². The number of benzene rings is 3. The maximum atomic E-state index is 13.7. The van der Waals surface area contributed by atoms with Crippen molar-refractivity contribution in [3.63, 3.8) is 0 Å². The minimum Gasteiger partial charge on any atom is -0.368 e. The van der Waals surface area contributed by atoms with Gasteiger partial charge in [-0.25, -0.2) is 9.18 Å². The van der Waals surface area contributed by atoms with Gasteiger partial charge in [0, 0.05) is 43.1 Å². The Kier molecular flexibility index (Phi) is 7.05. The third-order valence-corrected chi connectivity index (χ3v) is 6.18. The standard InChI is InChI=1S/C28H31FN4O2/c1-28(2,3)21-10-8-20(9-11-21)26(34)33-18-16-32(17-19-33)23-14-12-22(13-15-23)30-27(35)31-25-7-5-4-6-24(25)29/h4-15H,16-19H2,1-3H3,(H2,30,31,35). The van der Waals surface area contributed by atoms with Crippen molar-refractivity contribution in [2.75, 3.05) is 41.7 Å². The molecular weight excluding hydrogens is 443 g/mol. The minimum absolute atomic E-state index is 0.0574. The molecule has 0 bridgehead atoms. The molecule has 0 radical (unpaired) electrons. The zero-order valence-electron chi connectivity index (χ0n) is 20.3. The Hall–Kier alpha value is -3.87. The number of hydrogen-bond donors (Lipinski definition) is 2. The van der Waals surface area contributed by atoms with Crippen molar-refractivity contribution in [1.29, 1.82) is 0 Å². The fraction of sp³-hybridized carbons (Fsp3) is 0.286. The summed E-state index contributed by atoms with van der Waals surface area (Å²) >= 11 is 0. The van der Waals surface area contributed by atoms with Gasteiger partial charge in [-0.2, -0.15) is 0 Å². The Balaban J connectivity index is 1.29. The topological polar surface area (TPSA) is 64.7 Å². The van der Waals surface area contributed by atoms with Crippen LogP contribution in [0.1, 0.15) is 36.7 Å². The van der Waals surface area contributed by atoms with E-state index in [9.17, 15) is 14.0 Å². The van der Waals surface area contributed by atoms with Crippen LogP contribution in [0.3, 0.4) is 0 Å². The molecule has 2 N–H and O–H groups in total. The molecule has 0 aliphatic carbocycles. The molecule has 0 aromatic heterocycles. The third kappa shape index (κ3) is 5.98. The average molecular weight is 475 g/mol. The number of carbonyl (C=O) groups excluding carboxylic acids is 2. The summed E-state index contributed by atoms with van der Waals surface area (Å²) in [6, 6.07) is 20.9. The molecule has 7 heteroatoms. The molecule has 1 fully saturated rings. The number of halogens is 1. The van der Waals surface area contributed by atoms with Gasteiger partial charge in [0.2, 0.25) is 0 Å². The number of nitrogens with one attached hydrogen (secondary N) is 2. The molecule has 182 valence electrons. The predicted octanol–water partition coefficient (Wildman–Crippen LogP) is 5.73. The van der Waals surface area contributed by atoms with E-state index in [1.54, 1.807) is 12.1 Å². The Morgan fingerprint density at radius 2 is 1.43 bits per heavy atom. The lowest BCUT2D eigenvalue weighted by Gasteiger charge is -2.36. The van der Waals surface area contributed by atoms with E-state index in [0.717, 1.165) is 24.3 Å². The van der Waals surface area contributed by atoms with Gasteiger partial charge in [0.05, 0.1) is 5.69 Å². The lowest BCUT2D eigenvalue weighted by molar-refractivity contribution is 0.0746. The third-order valence-electron chi connectivity index (χ3n) is 6.18. The molecule has 0 atom stereocenters. The van der Waals surface area contributed by atoms with Gasteiger partial charge in [-0.1, -0.05) is 45.0 Å². The van der Waals surface area contributed by atoms with E-state index in [2.05, 4.69) is 36.3 Å². The monoisotopic (exact) mass is 474 g/mol. The van der Waals surface area contributed by atoms with Gasteiger partial charge in [0.25, 0.3) is 5.91 Å². The highest BCUT2D eigenvalue weighted by molar-refractivity contribution is 6.00. The Morgan fingerprint density at radius 3 is 2.03 bits per heavy atom. The summed E-state index contributed by atoms with van der Waals surface area (Å²) < 4.78 is 13.7. The van der Waals surface area contributed by atoms with Crippen molar-refractivity contribution in [1.82, 2.24) is 4.90 Å². The van der Waals surface area contributed by atoms with Crippen molar-refractivity contribution in [2.45, 2.75) is 26.2 Å². The molecule has 3 aromatic carbocycles. The number of carbonyl (C=O) groups is 2. The van der Waals surface area contributed by atoms with E-state index in [4.69, 9.17) is 0 Å². The molecule has 4 rings (SSSR count). The summed E-state index contributed by atoms with van der Waals surface area (Å²) in [5.41, 5.74) is 3.74. The van der Waals surface area contributed by atoms with Gasteiger partial charge in [-0.3, -0.25) is 4.79 Å². The fourth-order valence-corrected chi connectivity index (χ4v) is 4.07. The molecule has 1 saturated heterocycles. The first-order valence-corrected chi connectivity index (χ1v) is 11.8. The van der Waals surface area contributed by atoms with Crippen molar-refractivity contribution in [2.24, 2.45) is 0 Å². The second-order valence-corrected chi connectivity index (χ2v) is 9.71. The maximum absolute atomic E-state index is 13.7. The first-order valence-electron chi connectivity index (χ1n) is 11.8. The largest absolute Gasteiger partial charge is 0.368 e.